The molecule has 0 heterocycles. The monoisotopic (exact) mass is 256 g/mol. The molecule has 0 spiro atoms. The molecule has 0 saturated carbocycles. The molecule has 2 atom stereocenters. The van der Waals surface area contributed by atoms with Crippen LogP contribution in [0, 0.1) is 0 Å². The van der Waals surface area contributed by atoms with Crippen LogP contribution in [0.25, 0.3) is 0 Å². The van der Waals surface area contributed by atoms with Gasteiger partial charge in [-0.25, -0.2) is 0 Å². The molecular weight excluding hydrogens is 220 g/mol. The third-order valence-corrected chi connectivity index (χ3v) is 3.89. The lowest BCUT2D eigenvalue weighted by molar-refractivity contribution is 0.145. The van der Waals surface area contributed by atoms with Crippen LogP contribution < -0.4 is 5.32 Å². The highest BCUT2D eigenvalue weighted by Crippen LogP contribution is 2.10. The van der Waals surface area contributed by atoms with Crippen LogP contribution >= 0.6 is 0 Å². The Bertz CT molecular complexity index is 170. The predicted molar refractivity (Wildman–Crippen MR) is 83.2 cm³/mol. The Kier molecular flexibility index (Phi) is 11.9. The predicted octanol–water partition coefficient (Wildman–Crippen LogP) is 4.06. The van der Waals surface area contributed by atoms with Crippen LogP contribution in [0.15, 0.2) is 0 Å². The minimum atomic E-state index is 0.660. The molecule has 0 saturated heterocycles. The lowest BCUT2D eigenvalue weighted by Crippen LogP contribution is -2.45. The van der Waals surface area contributed by atoms with E-state index in [2.05, 4.69) is 44.8 Å². The Morgan fingerprint density at radius 2 is 1.56 bits per heavy atom. The number of nitrogens with zero attached hydrogens (tertiary/aromatic N) is 1. The number of rotatable bonds is 12. The summed E-state index contributed by atoms with van der Waals surface area (Å²) in [5.41, 5.74) is 0. The van der Waals surface area contributed by atoms with Crippen molar-refractivity contribution in [1.29, 1.82) is 0 Å². The molecular formula is C16H36N2. The number of hydrogen-bond acceptors (Lipinski definition) is 2. The SMILES string of the molecule is CCCCCNCC(C)N(CCCC)C(C)CC. The minimum Gasteiger partial charge on any atom is -0.315 e. The van der Waals surface area contributed by atoms with Crippen LogP contribution in [0.1, 0.15) is 73.1 Å². The van der Waals surface area contributed by atoms with Crippen LogP contribution in [-0.4, -0.2) is 36.6 Å². The molecule has 0 aliphatic carbocycles. The first-order valence-corrected chi connectivity index (χ1v) is 8.13. The molecule has 110 valence electrons. The Hall–Kier alpha value is -0.0800. The number of nitrogens with one attached hydrogen (secondary N) is 1. The van der Waals surface area contributed by atoms with Gasteiger partial charge >= 0.3 is 0 Å². The summed E-state index contributed by atoms with van der Waals surface area (Å²) in [6.45, 7) is 15.1. The van der Waals surface area contributed by atoms with Crippen molar-refractivity contribution in [3.63, 3.8) is 0 Å². The molecule has 2 unspecified atom stereocenters. The highest BCUT2D eigenvalue weighted by atomic mass is 15.2. The molecule has 0 aromatic carbocycles. The number of unbranched alkanes of at least 4 members (excludes halogenated alkanes) is 3. The van der Waals surface area contributed by atoms with E-state index < -0.39 is 0 Å². The van der Waals surface area contributed by atoms with E-state index in [1.165, 1.54) is 51.6 Å². The Morgan fingerprint density at radius 3 is 2.11 bits per heavy atom. The van der Waals surface area contributed by atoms with Gasteiger partial charge in [0.25, 0.3) is 0 Å². The van der Waals surface area contributed by atoms with Crippen LogP contribution in [-0.2, 0) is 0 Å². The fourth-order valence-corrected chi connectivity index (χ4v) is 2.38. The van der Waals surface area contributed by atoms with Gasteiger partial charge < -0.3 is 5.32 Å². The molecule has 0 aliphatic rings. The molecule has 0 radical (unpaired) electrons. The Balaban J connectivity index is 3.92. The van der Waals surface area contributed by atoms with Crippen molar-refractivity contribution in [2.45, 2.75) is 85.2 Å². The lowest BCUT2D eigenvalue weighted by Gasteiger charge is -2.34. The Labute approximate surface area is 116 Å². The van der Waals surface area contributed by atoms with Gasteiger partial charge in [0.05, 0.1) is 0 Å². The number of hydrogen-bond donors (Lipinski definition) is 1. The van der Waals surface area contributed by atoms with Crippen molar-refractivity contribution in [3.8, 4) is 0 Å². The first kappa shape index (κ1) is 17.9. The molecule has 0 aliphatic heterocycles. The molecule has 0 fully saturated rings. The highest BCUT2D eigenvalue weighted by Gasteiger charge is 2.17. The van der Waals surface area contributed by atoms with Gasteiger partial charge in [0.2, 0.25) is 0 Å². The van der Waals surface area contributed by atoms with Gasteiger partial charge in [-0.3, -0.25) is 4.90 Å². The normalized spacial score (nSPS) is 15.0. The molecule has 2 nitrogen and oxygen atoms in total. The summed E-state index contributed by atoms with van der Waals surface area (Å²) in [6, 6.07) is 1.37. The standard InChI is InChI=1S/C16H36N2/c1-6-9-11-12-17-14-16(5)18(13-10-7-2)15(4)8-3/h15-17H,6-14H2,1-5H3. The molecule has 0 amide bonds. The molecule has 2 heteroatoms. The molecule has 0 aromatic rings. The molecule has 0 bridgehead atoms. The zero-order valence-electron chi connectivity index (χ0n) is 13.5. The third-order valence-electron chi connectivity index (χ3n) is 3.89. The van der Waals surface area contributed by atoms with Gasteiger partial charge in [-0.1, -0.05) is 40.0 Å². The summed E-state index contributed by atoms with van der Waals surface area (Å²) >= 11 is 0. The van der Waals surface area contributed by atoms with Gasteiger partial charge in [0.1, 0.15) is 0 Å². The van der Waals surface area contributed by atoms with Gasteiger partial charge in [-0.15, -0.1) is 0 Å². The maximum absolute atomic E-state index is 3.61. The van der Waals surface area contributed by atoms with Gasteiger partial charge in [-0.05, 0) is 46.2 Å². The average molecular weight is 256 g/mol. The Morgan fingerprint density at radius 1 is 0.889 bits per heavy atom. The van der Waals surface area contributed by atoms with Crippen molar-refractivity contribution in [2.75, 3.05) is 19.6 Å². The van der Waals surface area contributed by atoms with Crippen molar-refractivity contribution >= 4 is 0 Å². The summed E-state index contributed by atoms with van der Waals surface area (Å²) < 4.78 is 0. The summed E-state index contributed by atoms with van der Waals surface area (Å²) in [4.78, 5) is 2.68. The summed E-state index contributed by atoms with van der Waals surface area (Å²) in [5.74, 6) is 0. The quantitative estimate of drug-likeness (QED) is 0.530. The van der Waals surface area contributed by atoms with E-state index >= 15 is 0 Å². The maximum atomic E-state index is 3.61. The van der Waals surface area contributed by atoms with Crippen molar-refractivity contribution in [2.24, 2.45) is 0 Å². The zero-order chi connectivity index (χ0) is 13.8. The van der Waals surface area contributed by atoms with Crippen LogP contribution in [0.5, 0.6) is 0 Å². The van der Waals surface area contributed by atoms with Crippen LogP contribution in [0.3, 0.4) is 0 Å². The topological polar surface area (TPSA) is 15.3 Å². The van der Waals surface area contributed by atoms with Gasteiger partial charge in [0, 0.05) is 18.6 Å². The molecule has 0 aromatic heterocycles. The summed E-state index contributed by atoms with van der Waals surface area (Å²) in [6.07, 6.45) is 7.86. The minimum absolute atomic E-state index is 0.660. The summed E-state index contributed by atoms with van der Waals surface area (Å²) in [7, 11) is 0. The van der Waals surface area contributed by atoms with E-state index in [9.17, 15) is 0 Å². The van der Waals surface area contributed by atoms with E-state index in [1.54, 1.807) is 0 Å². The fraction of sp³-hybridized carbons (Fsp3) is 1.00. The second-order valence-electron chi connectivity index (χ2n) is 5.61. The first-order chi connectivity index (χ1) is 8.67. The van der Waals surface area contributed by atoms with Crippen molar-refractivity contribution in [1.82, 2.24) is 10.2 Å². The summed E-state index contributed by atoms with van der Waals surface area (Å²) in [5, 5.41) is 3.61. The van der Waals surface area contributed by atoms with Crippen molar-refractivity contribution < 1.29 is 0 Å². The van der Waals surface area contributed by atoms with Crippen LogP contribution in [0.4, 0.5) is 0 Å². The average Bonchev–Trinajstić information content (AvgIpc) is 2.38. The highest BCUT2D eigenvalue weighted by molar-refractivity contribution is 4.74. The van der Waals surface area contributed by atoms with Gasteiger partial charge in [0.15, 0.2) is 0 Å². The molecule has 0 rings (SSSR count). The van der Waals surface area contributed by atoms with E-state index in [4.69, 9.17) is 0 Å². The second kappa shape index (κ2) is 12.0. The van der Waals surface area contributed by atoms with E-state index in [-0.39, 0.29) is 0 Å². The van der Waals surface area contributed by atoms with Crippen LogP contribution in [0.2, 0.25) is 0 Å². The molecule has 1 N–H and O–H groups in total. The zero-order valence-corrected chi connectivity index (χ0v) is 13.5. The van der Waals surface area contributed by atoms with E-state index in [0.29, 0.717) is 12.1 Å². The van der Waals surface area contributed by atoms with E-state index in [1.807, 2.05) is 0 Å². The smallest absolute Gasteiger partial charge is 0.0195 e. The third kappa shape index (κ3) is 8.10. The second-order valence-corrected chi connectivity index (χ2v) is 5.61. The lowest BCUT2D eigenvalue weighted by atomic mass is 10.1. The first-order valence-electron chi connectivity index (χ1n) is 8.13. The van der Waals surface area contributed by atoms with Crippen molar-refractivity contribution in [3.05, 3.63) is 0 Å². The fourth-order valence-electron chi connectivity index (χ4n) is 2.38. The maximum Gasteiger partial charge on any atom is 0.0195 e. The largest absolute Gasteiger partial charge is 0.315 e. The van der Waals surface area contributed by atoms with Gasteiger partial charge in [-0.2, -0.15) is 0 Å². The van der Waals surface area contributed by atoms with E-state index in [0.717, 1.165) is 6.54 Å². The molecule has 18 heavy (non-hydrogen) atoms.